The first kappa shape index (κ1) is 19.8. The van der Waals surface area contributed by atoms with Crippen LogP contribution in [0.4, 0.5) is 17.3 Å². The number of methoxy groups -OCH3 is 1. The Morgan fingerprint density at radius 1 is 1.03 bits per heavy atom. The van der Waals surface area contributed by atoms with Gasteiger partial charge in [-0.1, -0.05) is 18.2 Å². The fourth-order valence-electron chi connectivity index (χ4n) is 2.51. The summed E-state index contributed by atoms with van der Waals surface area (Å²) in [5.41, 5.74) is 1.77. The van der Waals surface area contributed by atoms with E-state index in [-0.39, 0.29) is 24.0 Å². The van der Waals surface area contributed by atoms with Crippen molar-refractivity contribution in [3.63, 3.8) is 0 Å². The normalized spacial score (nSPS) is 10.1. The molecular formula is C21H20N4O4. The smallest absolute Gasteiger partial charge is 0.340 e. The van der Waals surface area contributed by atoms with Crippen molar-refractivity contribution in [1.29, 1.82) is 0 Å². The molecule has 1 amide bonds. The Labute approximate surface area is 167 Å². The van der Waals surface area contributed by atoms with Crippen molar-refractivity contribution < 1.29 is 19.1 Å². The van der Waals surface area contributed by atoms with Gasteiger partial charge in [-0.05, 0) is 31.2 Å². The lowest BCUT2D eigenvalue weighted by molar-refractivity contribution is 0.0527. The molecule has 3 rings (SSSR count). The number of anilines is 3. The fraction of sp³-hybridized carbons (Fsp3) is 0.143. The molecule has 0 unspecified atom stereocenters. The lowest BCUT2D eigenvalue weighted by Crippen LogP contribution is -2.13. The van der Waals surface area contributed by atoms with Gasteiger partial charge in [-0.3, -0.25) is 4.79 Å². The highest BCUT2D eigenvalue weighted by Gasteiger charge is 2.13. The van der Waals surface area contributed by atoms with E-state index in [1.165, 1.54) is 12.4 Å². The number of hydrogen-bond acceptors (Lipinski definition) is 7. The standard InChI is InChI=1S/C21H20N4O4/c1-3-29-20(27)17-9-4-5-10-18(17)25-21-22-12-14(13-23-21)19(26)24-15-7-6-8-16(11-15)28-2/h4-13H,3H2,1-2H3,(H,24,26)(H,22,23,25). The third kappa shape index (κ3) is 5.07. The Balaban J connectivity index is 1.71. The van der Waals surface area contributed by atoms with E-state index in [9.17, 15) is 9.59 Å². The van der Waals surface area contributed by atoms with Gasteiger partial charge >= 0.3 is 5.97 Å². The van der Waals surface area contributed by atoms with Crippen LogP contribution in [0.3, 0.4) is 0 Å². The SMILES string of the molecule is CCOC(=O)c1ccccc1Nc1ncc(C(=O)Nc2cccc(OC)c2)cn1. The van der Waals surface area contributed by atoms with E-state index >= 15 is 0 Å². The van der Waals surface area contributed by atoms with Crippen LogP contribution in [0.2, 0.25) is 0 Å². The molecule has 3 aromatic rings. The molecule has 0 bridgehead atoms. The molecule has 0 saturated heterocycles. The summed E-state index contributed by atoms with van der Waals surface area (Å²) in [6.07, 6.45) is 2.80. The van der Waals surface area contributed by atoms with E-state index in [4.69, 9.17) is 9.47 Å². The van der Waals surface area contributed by atoms with Crippen molar-refractivity contribution in [2.75, 3.05) is 24.4 Å². The van der Waals surface area contributed by atoms with Gasteiger partial charge in [0.15, 0.2) is 0 Å². The van der Waals surface area contributed by atoms with Crippen LogP contribution in [0.15, 0.2) is 60.9 Å². The number of esters is 1. The fourth-order valence-corrected chi connectivity index (χ4v) is 2.51. The Morgan fingerprint density at radius 3 is 2.52 bits per heavy atom. The molecule has 8 nitrogen and oxygen atoms in total. The number of benzene rings is 2. The Morgan fingerprint density at radius 2 is 1.79 bits per heavy atom. The van der Waals surface area contributed by atoms with Crippen LogP contribution in [0.25, 0.3) is 0 Å². The highest BCUT2D eigenvalue weighted by molar-refractivity contribution is 6.04. The molecule has 2 aromatic carbocycles. The van der Waals surface area contributed by atoms with Gasteiger partial charge in [-0.25, -0.2) is 14.8 Å². The van der Waals surface area contributed by atoms with Crippen LogP contribution in [0.5, 0.6) is 5.75 Å². The molecule has 0 aliphatic rings. The summed E-state index contributed by atoms with van der Waals surface area (Å²) >= 11 is 0. The van der Waals surface area contributed by atoms with Crippen LogP contribution in [-0.2, 0) is 4.74 Å². The molecule has 1 aromatic heterocycles. The van der Waals surface area contributed by atoms with Crippen molar-refractivity contribution in [1.82, 2.24) is 9.97 Å². The first-order valence-corrected chi connectivity index (χ1v) is 8.91. The minimum Gasteiger partial charge on any atom is -0.497 e. The average Bonchev–Trinajstić information content (AvgIpc) is 2.75. The predicted molar refractivity (Wildman–Crippen MR) is 109 cm³/mol. The van der Waals surface area contributed by atoms with Gasteiger partial charge in [0.05, 0.1) is 30.5 Å². The number of aromatic nitrogens is 2. The zero-order chi connectivity index (χ0) is 20.6. The Bertz CT molecular complexity index is 1010. The number of carbonyl (C=O) groups is 2. The van der Waals surface area contributed by atoms with Gasteiger partial charge in [0, 0.05) is 24.1 Å². The molecule has 2 N–H and O–H groups in total. The zero-order valence-electron chi connectivity index (χ0n) is 16.0. The lowest BCUT2D eigenvalue weighted by atomic mass is 10.2. The van der Waals surface area contributed by atoms with Gasteiger partial charge in [0.25, 0.3) is 5.91 Å². The number of amides is 1. The van der Waals surface area contributed by atoms with Gasteiger partial charge in [0.2, 0.25) is 5.95 Å². The summed E-state index contributed by atoms with van der Waals surface area (Å²) in [4.78, 5) is 32.8. The number of nitrogens with one attached hydrogen (secondary N) is 2. The molecule has 1 heterocycles. The highest BCUT2D eigenvalue weighted by Crippen LogP contribution is 2.20. The molecule has 0 aliphatic heterocycles. The van der Waals surface area contributed by atoms with E-state index in [1.54, 1.807) is 62.6 Å². The maximum absolute atomic E-state index is 12.4. The van der Waals surface area contributed by atoms with E-state index in [2.05, 4.69) is 20.6 Å². The van der Waals surface area contributed by atoms with Crippen molar-refractivity contribution in [2.45, 2.75) is 6.92 Å². The molecule has 0 spiro atoms. The van der Waals surface area contributed by atoms with Gasteiger partial charge in [-0.15, -0.1) is 0 Å². The van der Waals surface area contributed by atoms with Gasteiger partial charge < -0.3 is 20.1 Å². The summed E-state index contributed by atoms with van der Waals surface area (Å²) in [7, 11) is 1.56. The molecule has 8 heteroatoms. The van der Waals surface area contributed by atoms with Crippen LogP contribution in [-0.4, -0.2) is 35.6 Å². The van der Waals surface area contributed by atoms with Crippen molar-refractivity contribution in [3.05, 3.63) is 72.1 Å². The molecule has 0 fully saturated rings. The quantitative estimate of drug-likeness (QED) is 0.592. The molecule has 148 valence electrons. The van der Waals surface area contributed by atoms with Crippen LogP contribution >= 0.6 is 0 Å². The predicted octanol–water partition coefficient (Wildman–Crippen LogP) is 3.66. The van der Waals surface area contributed by atoms with Crippen LogP contribution in [0.1, 0.15) is 27.6 Å². The van der Waals surface area contributed by atoms with Gasteiger partial charge in [-0.2, -0.15) is 0 Å². The number of carbonyl (C=O) groups excluding carboxylic acids is 2. The highest BCUT2D eigenvalue weighted by atomic mass is 16.5. The second kappa shape index (κ2) is 9.32. The third-order valence-corrected chi connectivity index (χ3v) is 3.91. The number of rotatable bonds is 7. The van der Waals surface area contributed by atoms with Crippen LogP contribution < -0.4 is 15.4 Å². The van der Waals surface area contributed by atoms with Crippen molar-refractivity contribution in [2.24, 2.45) is 0 Å². The van der Waals surface area contributed by atoms with E-state index < -0.39 is 5.97 Å². The number of para-hydroxylation sites is 1. The molecule has 0 radical (unpaired) electrons. The monoisotopic (exact) mass is 392 g/mol. The third-order valence-electron chi connectivity index (χ3n) is 3.91. The number of ether oxygens (including phenoxy) is 2. The van der Waals surface area contributed by atoms with E-state index in [0.717, 1.165) is 0 Å². The maximum atomic E-state index is 12.4. The van der Waals surface area contributed by atoms with E-state index in [1.807, 2.05) is 0 Å². The number of nitrogens with zero attached hydrogens (tertiary/aromatic N) is 2. The summed E-state index contributed by atoms with van der Waals surface area (Å²) in [6, 6.07) is 13.9. The summed E-state index contributed by atoms with van der Waals surface area (Å²) < 4.78 is 10.2. The molecule has 29 heavy (non-hydrogen) atoms. The molecular weight excluding hydrogens is 372 g/mol. The summed E-state index contributed by atoms with van der Waals surface area (Å²) in [6.45, 7) is 2.02. The minimum atomic E-state index is -0.440. The maximum Gasteiger partial charge on any atom is 0.340 e. The molecule has 0 atom stereocenters. The second-order valence-corrected chi connectivity index (χ2v) is 5.87. The van der Waals surface area contributed by atoms with Crippen molar-refractivity contribution >= 4 is 29.2 Å². The average molecular weight is 392 g/mol. The van der Waals surface area contributed by atoms with E-state index in [0.29, 0.717) is 22.7 Å². The van der Waals surface area contributed by atoms with Crippen molar-refractivity contribution in [3.8, 4) is 5.75 Å². The lowest BCUT2D eigenvalue weighted by Gasteiger charge is -2.10. The topological polar surface area (TPSA) is 102 Å². The minimum absolute atomic E-state index is 0.250. The first-order valence-electron chi connectivity index (χ1n) is 8.91. The summed E-state index contributed by atoms with van der Waals surface area (Å²) in [5.74, 6) is 0.0974. The molecule has 0 saturated carbocycles. The second-order valence-electron chi connectivity index (χ2n) is 5.87. The summed E-state index contributed by atoms with van der Waals surface area (Å²) in [5, 5.41) is 5.73. The van der Waals surface area contributed by atoms with Gasteiger partial charge in [0.1, 0.15) is 5.75 Å². The number of hydrogen-bond donors (Lipinski definition) is 2. The first-order chi connectivity index (χ1) is 14.1. The Hall–Kier alpha value is -3.94. The van der Waals surface area contributed by atoms with Crippen LogP contribution in [0, 0.1) is 0 Å². The zero-order valence-corrected chi connectivity index (χ0v) is 16.0. The Kier molecular flexibility index (Phi) is 6.36. The largest absolute Gasteiger partial charge is 0.497 e. The molecule has 0 aliphatic carbocycles.